The Morgan fingerprint density at radius 2 is 1.85 bits per heavy atom. The summed E-state index contributed by atoms with van der Waals surface area (Å²) in [5, 5.41) is 0. The molecule has 1 aromatic heterocycles. The van der Waals surface area contributed by atoms with E-state index in [-0.39, 0.29) is 11.8 Å². The zero-order valence-corrected chi connectivity index (χ0v) is 15.4. The fraction of sp³-hybridized carbons (Fsp3) is 0.381. The molecule has 1 spiro atoms. The van der Waals surface area contributed by atoms with E-state index >= 15 is 0 Å². The highest BCUT2D eigenvalue weighted by atomic mass is 16.5. The number of para-hydroxylation sites is 1. The third kappa shape index (κ3) is 3.52. The fourth-order valence-corrected chi connectivity index (χ4v) is 3.88. The molecule has 3 heterocycles. The lowest BCUT2D eigenvalue weighted by Gasteiger charge is -2.42. The molecule has 4 rings (SSSR count). The second-order valence-corrected chi connectivity index (χ2v) is 7.30. The van der Waals surface area contributed by atoms with Crippen molar-refractivity contribution in [1.82, 2.24) is 14.8 Å². The molecule has 2 aliphatic heterocycles. The first kappa shape index (κ1) is 17.5. The molecule has 1 fully saturated rings. The molecule has 0 atom stereocenters. The lowest BCUT2D eigenvalue weighted by molar-refractivity contribution is -0.132. The van der Waals surface area contributed by atoms with Gasteiger partial charge in [-0.05, 0) is 18.2 Å². The summed E-state index contributed by atoms with van der Waals surface area (Å²) in [6.07, 6.45) is 4.64. The van der Waals surface area contributed by atoms with Gasteiger partial charge in [0.15, 0.2) is 0 Å². The molecular weight excluding hydrogens is 342 g/mol. The van der Waals surface area contributed by atoms with Gasteiger partial charge in [-0.2, -0.15) is 0 Å². The van der Waals surface area contributed by atoms with Crippen molar-refractivity contribution in [2.45, 2.75) is 31.9 Å². The Balaban J connectivity index is 1.54. The van der Waals surface area contributed by atoms with E-state index < -0.39 is 5.60 Å². The first-order valence-electron chi connectivity index (χ1n) is 9.28. The van der Waals surface area contributed by atoms with Crippen LogP contribution in [0, 0.1) is 0 Å². The molecule has 6 heteroatoms. The largest absolute Gasteiger partial charge is 0.485 e. The molecule has 0 saturated carbocycles. The summed E-state index contributed by atoms with van der Waals surface area (Å²) in [4.78, 5) is 32.6. The van der Waals surface area contributed by atoms with Crippen molar-refractivity contribution in [2.24, 2.45) is 0 Å². The minimum absolute atomic E-state index is 0.00426. The minimum atomic E-state index is -0.454. The highest BCUT2D eigenvalue weighted by Gasteiger charge is 2.42. The zero-order valence-electron chi connectivity index (χ0n) is 15.4. The summed E-state index contributed by atoms with van der Waals surface area (Å²) in [5.74, 6) is 0.882. The van der Waals surface area contributed by atoms with E-state index in [0.29, 0.717) is 44.6 Å². The number of rotatable bonds is 1. The molecule has 2 aliphatic rings. The number of likely N-dealkylation sites (tertiary alicyclic amines) is 1. The number of hydrogen-bond acceptors (Lipinski definition) is 4. The van der Waals surface area contributed by atoms with Crippen molar-refractivity contribution in [1.29, 1.82) is 0 Å². The smallest absolute Gasteiger partial charge is 0.255 e. The van der Waals surface area contributed by atoms with Crippen LogP contribution in [-0.2, 0) is 11.3 Å². The fourth-order valence-electron chi connectivity index (χ4n) is 3.88. The summed E-state index contributed by atoms with van der Waals surface area (Å²) in [7, 11) is 0. The Bertz CT molecular complexity index is 845. The van der Waals surface area contributed by atoms with Crippen molar-refractivity contribution in [3.8, 4) is 5.75 Å². The number of hydrogen-bond donors (Lipinski definition) is 0. The van der Waals surface area contributed by atoms with E-state index in [2.05, 4.69) is 4.98 Å². The quantitative estimate of drug-likeness (QED) is 0.779. The van der Waals surface area contributed by atoms with Gasteiger partial charge in [0.05, 0.1) is 12.1 Å². The summed E-state index contributed by atoms with van der Waals surface area (Å²) in [5.41, 5.74) is 1.17. The third-order valence-electron chi connectivity index (χ3n) is 5.45. The third-order valence-corrected chi connectivity index (χ3v) is 5.45. The van der Waals surface area contributed by atoms with Crippen molar-refractivity contribution < 1.29 is 14.3 Å². The Labute approximate surface area is 158 Å². The average molecular weight is 365 g/mol. The number of amides is 2. The monoisotopic (exact) mass is 365 g/mol. The van der Waals surface area contributed by atoms with E-state index in [0.717, 1.165) is 11.3 Å². The second-order valence-electron chi connectivity index (χ2n) is 7.30. The molecule has 0 bridgehead atoms. The van der Waals surface area contributed by atoms with Crippen LogP contribution in [0.25, 0.3) is 0 Å². The van der Waals surface area contributed by atoms with Crippen LogP contribution in [0.5, 0.6) is 5.75 Å². The second kappa shape index (κ2) is 7.02. The number of benzene rings is 1. The Morgan fingerprint density at radius 3 is 2.56 bits per heavy atom. The molecule has 0 aliphatic carbocycles. The molecule has 6 nitrogen and oxygen atoms in total. The van der Waals surface area contributed by atoms with E-state index in [1.807, 2.05) is 34.1 Å². The van der Waals surface area contributed by atoms with Gasteiger partial charge in [0.1, 0.15) is 11.4 Å². The summed E-state index contributed by atoms with van der Waals surface area (Å²) < 4.78 is 6.46. The van der Waals surface area contributed by atoms with Gasteiger partial charge in [0.2, 0.25) is 5.91 Å². The van der Waals surface area contributed by atoms with Gasteiger partial charge < -0.3 is 14.5 Å². The summed E-state index contributed by atoms with van der Waals surface area (Å²) >= 11 is 0. The molecule has 2 aromatic rings. The molecule has 140 valence electrons. The summed E-state index contributed by atoms with van der Waals surface area (Å²) in [6, 6.07) is 11.5. The maximum Gasteiger partial charge on any atom is 0.255 e. The number of aromatic nitrogens is 1. The number of piperidine rings is 1. The number of ether oxygens (including phenoxy) is 1. The zero-order chi connectivity index (χ0) is 18.9. The maximum atomic E-state index is 12.7. The van der Waals surface area contributed by atoms with Crippen LogP contribution in [-0.4, -0.2) is 51.8 Å². The lowest BCUT2D eigenvalue weighted by Crippen LogP contribution is -2.55. The lowest BCUT2D eigenvalue weighted by atomic mass is 9.90. The van der Waals surface area contributed by atoms with Gasteiger partial charge in [-0.1, -0.05) is 18.2 Å². The van der Waals surface area contributed by atoms with Crippen molar-refractivity contribution in [3.05, 3.63) is 59.9 Å². The van der Waals surface area contributed by atoms with Crippen LogP contribution in [0.2, 0.25) is 0 Å². The van der Waals surface area contributed by atoms with Crippen LogP contribution < -0.4 is 4.74 Å². The van der Waals surface area contributed by atoms with Gasteiger partial charge in [0, 0.05) is 57.4 Å². The molecule has 0 N–H and O–H groups in total. The highest BCUT2D eigenvalue weighted by molar-refractivity contribution is 5.93. The topological polar surface area (TPSA) is 62.7 Å². The minimum Gasteiger partial charge on any atom is -0.485 e. The van der Waals surface area contributed by atoms with E-state index in [1.165, 1.54) is 0 Å². The number of fused-ring (bicyclic) bond motifs is 1. The van der Waals surface area contributed by atoms with E-state index in [4.69, 9.17) is 4.74 Å². The van der Waals surface area contributed by atoms with Crippen LogP contribution in [0.4, 0.5) is 0 Å². The molecule has 27 heavy (non-hydrogen) atoms. The first-order chi connectivity index (χ1) is 13.1. The van der Waals surface area contributed by atoms with Crippen molar-refractivity contribution in [3.63, 3.8) is 0 Å². The van der Waals surface area contributed by atoms with Gasteiger partial charge >= 0.3 is 0 Å². The van der Waals surface area contributed by atoms with Gasteiger partial charge in [-0.15, -0.1) is 0 Å². The van der Waals surface area contributed by atoms with Crippen LogP contribution >= 0.6 is 0 Å². The molecule has 0 radical (unpaired) electrons. The van der Waals surface area contributed by atoms with Crippen LogP contribution in [0.3, 0.4) is 0 Å². The maximum absolute atomic E-state index is 12.7. The molecular formula is C21H23N3O3. The predicted molar refractivity (Wildman–Crippen MR) is 100 cm³/mol. The first-order valence-corrected chi connectivity index (χ1v) is 9.28. The normalized spacial score (nSPS) is 18.4. The number of nitrogens with zero attached hydrogens (tertiary/aromatic N) is 3. The number of carbonyl (C=O) groups is 2. The van der Waals surface area contributed by atoms with Gasteiger partial charge in [-0.25, -0.2) is 0 Å². The van der Waals surface area contributed by atoms with E-state index in [1.54, 1.807) is 31.5 Å². The van der Waals surface area contributed by atoms with Gasteiger partial charge in [-0.3, -0.25) is 14.6 Å². The van der Waals surface area contributed by atoms with Crippen LogP contribution in [0.1, 0.15) is 35.7 Å². The SMILES string of the molecule is CC(=O)N1Cc2ccccc2OC2(CCN(C(=O)c3cccnc3)CC2)C1. The highest BCUT2D eigenvalue weighted by Crippen LogP contribution is 2.35. The Kier molecular flexibility index (Phi) is 4.56. The van der Waals surface area contributed by atoms with Crippen LogP contribution in [0.15, 0.2) is 48.8 Å². The molecule has 0 unspecified atom stereocenters. The van der Waals surface area contributed by atoms with Crippen molar-refractivity contribution in [2.75, 3.05) is 19.6 Å². The number of pyridine rings is 1. The Morgan fingerprint density at radius 1 is 1.07 bits per heavy atom. The predicted octanol–water partition coefficient (Wildman–Crippen LogP) is 2.50. The molecule has 1 saturated heterocycles. The summed E-state index contributed by atoms with van der Waals surface area (Å²) in [6.45, 7) is 3.91. The van der Waals surface area contributed by atoms with Gasteiger partial charge in [0.25, 0.3) is 5.91 Å². The number of carbonyl (C=O) groups excluding carboxylic acids is 2. The average Bonchev–Trinajstić information content (AvgIpc) is 2.85. The molecule has 1 aromatic carbocycles. The van der Waals surface area contributed by atoms with E-state index in [9.17, 15) is 9.59 Å². The molecule has 2 amide bonds. The standard InChI is InChI=1S/C21H23N3O3/c1-16(25)24-14-18-5-2-3-7-19(18)27-21(15-24)8-11-23(12-9-21)20(26)17-6-4-10-22-13-17/h2-7,10,13H,8-9,11-12,14-15H2,1H3. The Hall–Kier alpha value is -2.89. The van der Waals surface area contributed by atoms with Crippen molar-refractivity contribution >= 4 is 11.8 Å².